The Morgan fingerprint density at radius 3 is 2.37 bits per heavy atom. The van der Waals surface area contributed by atoms with Crippen LogP contribution in [0.25, 0.3) is 0 Å². The second kappa shape index (κ2) is 8.93. The van der Waals surface area contributed by atoms with Gasteiger partial charge in [0.2, 0.25) is 5.91 Å². The zero-order valence-electron chi connectivity index (χ0n) is 18.4. The average molecular weight is 421 g/mol. The van der Waals surface area contributed by atoms with Crippen molar-refractivity contribution in [2.24, 2.45) is 0 Å². The zero-order chi connectivity index (χ0) is 22.7. The van der Waals surface area contributed by atoms with Crippen LogP contribution in [-0.4, -0.2) is 46.8 Å². The molecular weight excluding hydrogens is 390 g/mol. The number of hydrogen-bond acceptors (Lipinski definition) is 7. The molecule has 0 saturated carbocycles. The van der Waals surface area contributed by atoms with E-state index in [0.717, 1.165) is 5.56 Å². The second-order valence-electron chi connectivity index (χ2n) is 9.38. The highest BCUT2D eigenvalue weighted by Gasteiger charge is 2.33. The summed E-state index contributed by atoms with van der Waals surface area (Å²) in [5, 5.41) is 12.2. The monoisotopic (exact) mass is 421 g/mol. The lowest BCUT2D eigenvalue weighted by Crippen LogP contribution is -2.46. The standard InChI is InChI=1S/C22H31NO7/c1-21(2,3)29-19(26)11-16(20(27)30-22(4,5)6)23-18(25)9-13-12-28-17-10-14(24)7-8-15(13)17/h7-8,10,13,16,24H,9,11-12H2,1-6H3,(H,23,25)/t13-,16-/m0/s1. The Balaban J connectivity index is 2.06. The van der Waals surface area contributed by atoms with Crippen molar-refractivity contribution in [3.8, 4) is 11.5 Å². The van der Waals surface area contributed by atoms with Crippen LogP contribution in [0.15, 0.2) is 18.2 Å². The van der Waals surface area contributed by atoms with Gasteiger partial charge in [-0.1, -0.05) is 6.07 Å². The van der Waals surface area contributed by atoms with E-state index in [1.807, 2.05) is 0 Å². The number of carbonyl (C=O) groups is 3. The van der Waals surface area contributed by atoms with Gasteiger partial charge in [-0.05, 0) is 47.6 Å². The van der Waals surface area contributed by atoms with Crippen molar-refractivity contribution >= 4 is 17.8 Å². The van der Waals surface area contributed by atoms with Crippen LogP contribution in [0.2, 0.25) is 0 Å². The molecule has 8 heteroatoms. The highest BCUT2D eigenvalue weighted by molar-refractivity contribution is 5.88. The van der Waals surface area contributed by atoms with Crippen LogP contribution in [0.4, 0.5) is 0 Å². The summed E-state index contributed by atoms with van der Waals surface area (Å²) in [6, 6.07) is 3.58. The summed E-state index contributed by atoms with van der Waals surface area (Å²) in [7, 11) is 0. The van der Waals surface area contributed by atoms with Gasteiger partial charge in [0.25, 0.3) is 0 Å². The molecule has 0 aromatic heterocycles. The van der Waals surface area contributed by atoms with E-state index in [9.17, 15) is 19.5 Å². The van der Waals surface area contributed by atoms with Crippen LogP contribution in [0.5, 0.6) is 11.5 Å². The van der Waals surface area contributed by atoms with Gasteiger partial charge in [-0.25, -0.2) is 4.79 Å². The van der Waals surface area contributed by atoms with Crippen LogP contribution in [0.3, 0.4) is 0 Å². The van der Waals surface area contributed by atoms with E-state index in [-0.39, 0.29) is 31.1 Å². The van der Waals surface area contributed by atoms with Crippen LogP contribution in [-0.2, 0) is 23.9 Å². The fraction of sp³-hybridized carbons (Fsp3) is 0.591. The van der Waals surface area contributed by atoms with Crippen LogP contribution in [0.1, 0.15) is 65.9 Å². The molecule has 1 aliphatic heterocycles. The molecule has 2 N–H and O–H groups in total. The van der Waals surface area contributed by atoms with E-state index in [2.05, 4.69) is 5.32 Å². The smallest absolute Gasteiger partial charge is 0.329 e. The summed E-state index contributed by atoms with van der Waals surface area (Å²) < 4.78 is 16.2. The molecule has 0 spiro atoms. The maximum atomic E-state index is 12.6. The van der Waals surface area contributed by atoms with Gasteiger partial charge >= 0.3 is 11.9 Å². The van der Waals surface area contributed by atoms with Gasteiger partial charge in [0.15, 0.2) is 0 Å². The van der Waals surface area contributed by atoms with Crippen molar-refractivity contribution in [2.45, 2.75) is 77.5 Å². The lowest BCUT2D eigenvalue weighted by molar-refractivity contribution is -0.165. The molecular formula is C22H31NO7. The Hall–Kier alpha value is -2.77. The van der Waals surface area contributed by atoms with Crippen molar-refractivity contribution in [1.82, 2.24) is 5.32 Å². The van der Waals surface area contributed by atoms with Crippen molar-refractivity contribution in [1.29, 1.82) is 0 Å². The molecule has 1 aromatic rings. The molecule has 0 radical (unpaired) electrons. The van der Waals surface area contributed by atoms with E-state index < -0.39 is 35.1 Å². The van der Waals surface area contributed by atoms with E-state index >= 15 is 0 Å². The van der Waals surface area contributed by atoms with Gasteiger partial charge in [0, 0.05) is 24.0 Å². The molecule has 1 heterocycles. The van der Waals surface area contributed by atoms with Gasteiger partial charge in [-0.15, -0.1) is 0 Å². The average Bonchev–Trinajstić information content (AvgIpc) is 2.92. The first-order chi connectivity index (χ1) is 13.7. The number of hydrogen-bond donors (Lipinski definition) is 2. The lowest BCUT2D eigenvalue weighted by Gasteiger charge is -2.26. The van der Waals surface area contributed by atoms with Crippen molar-refractivity contribution in [3.05, 3.63) is 23.8 Å². The van der Waals surface area contributed by atoms with Gasteiger partial charge < -0.3 is 24.6 Å². The van der Waals surface area contributed by atoms with E-state index in [1.54, 1.807) is 47.6 Å². The largest absolute Gasteiger partial charge is 0.508 e. The number of aromatic hydroxyl groups is 1. The van der Waals surface area contributed by atoms with Crippen molar-refractivity contribution < 1.29 is 33.7 Å². The minimum absolute atomic E-state index is 0.0609. The normalized spacial score (nSPS) is 16.8. The topological polar surface area (TPSA) is 111 Å². The number of phenolic OH excluding ortho intramolecular Hbond substituents is 1. The highest BCUT2D eigenvalue weighted by Crippen LogP contribution is 2.37. The Bertz CT molecular complexity index is 805. The maximum Gasteiger partial charge on any atom is 0.329 e. The van der Waals surface area contributed by atoms with E-state index in [4.69, 9.17) is 14.2 Å². The van der Waals surface area contributed by atoms with Crippen LogP contribution in [0, 0.1) is 0 Å². The third-order valence-electron chi connectivity index (χ3n) is 4.13. The number of esters is 2. The summed E-state index contributed by atoms with van der Waals surface area (Å²) in [6.07, 6.45) is -0.269. The Kier molecular flexibility index (Phi) is 7.00. The fourth-order valence-electron chi connectivity index (χ4n) is 3.03. The van der Waals surface area contributed by atoms with E-state index in [0.29, 0.717) is 5.75 Å². The Labute approximate surface area is 176 Å². The predicted molar refractivity (Wildman–Crippen MR) is 109 cm³/mol. The molecule has 0 aliphatic carbocycles. The minimum Gasteiger partial charge on any atom is -0.508 e. The lowest BCUT2D eigenvalue weighted by atomic mass is 9.97. The van der Waals surface area contributed by atoms with Crippen molar-refractivity contribution in [3.63, 3.8) is 0 Å². The first kappa shape index (κ1) is 23.5. The first-order valence-electron chi connectivity index (χ1n) is 9.93. The van der Waals surface area contributed by atoms with Gasteiger partial charge in [0.05, 0.1) is 13.0 Å². The third-order valence-corrected chi connectivity index (χ3v) is 4.13. The summed E-state index contributed by atoms with van der Waals surface area (Å²) >= 11 is 0. The first-order valence-corrected chi connectivity index (χ1v) is 9.93. The number of fused-ring (bicyclic) bond motifs is 1. The number of carbonyl (C=O) groups excluding carboxylic acids is 3. The number of benzene rings is 1. The van der Waals surface area contributed by atoms with Gasteiger partial charge in [-0.3, -0.25) is 9.59 Å². The molecule has 2 atom stereocenters. The third kappa shape index (κ3) is 7.24. The number of ether oxygens (including phenoxy) is 3. The summed E-state index contributed by atoms with van der Waals surface area (Å²) in [6.45, 7) is 10.6. The molecule has 2 rings (SSSR count). The second-order valence-corrected chi connectivity index (χ2v) is 9.38. The molecule has 0 fully saturated rings. The number of amides is 1. The highest BCUT2D eigenvalue weighted by atomic mass is 16.6. The SMILES string of the molecule is CC(C)(C)OC(=O)C[C@H](NC(=O)C[C@H]1COc2cc(O)ccc21)C(=O)OC(C)(C)C. The summed E-state index contributed by atoms with van der Waals surface area (Å²) in [5.41, 5.74) is -0.673. The van der Waals surface area contributed by atoms with Crippen LogP contribution < -0.4 is 10.1 Å². The molecule has 30 heavy (non-hydrogen) atoms. The van der Waals surface area contributed by atoms with Crippen molar-refractivity contribution in [2.75, 3.05) is 6.61 Å². The van der Waals surface area contributed by atoms with Crippen LogP contribution >= 0.6 is 0 Å². The molecule has 1 aliphatic rings. The maximum absolute atomic E-state index is 12.6. The molecule has 0 unspecified atom stereocenters. The molecule has 1 aromatic carbocycles. The number of nitrogens with one attached hydrogen (secondary N) is 1. The molecule has 8 nitrogen and oxygen atoms in total. The fourth-order valence-corrected chi connectivity index (χ4v) is 3.03. The minimum atomic E-state index is -1.16. The molecule has 0 bridgehead atoms. The van der Waals surface area contributed by atoms with Gasteiger partial charge in [-0.2, -0.15) is 0 Å². The molecule has 166 valence electrons. The number of rotatable bonds is 6. The predicted octanol–water partition coefficient (Wildman–Crippen LogP) is 2.82. The number of phenols is 1. The quantitative estimate of drug-likeness (QED) is 0.680. The molecule has 1 amide bonds. The van der Waals surface area contributed by atoms with E-state index in [1.165, 1.54) is 12.1 Å². The Morgan fingerprint density at radius 2 is 1.77 bits per heavy atom. The summed E-state index contributed by atoms with van der Waals surface area (Å²) in [4.78, 5) is 37.5. The van der Waals surface area contributed by atoms with Gasteiger partial charge in [0.1, 0.15) is 28.7 Å². The zero-order valence-corrected chi connectivity index (χ0v) is 18.4. The summed E-state index contributed by atoms with van der Waals surface area (Å²) in [5.74, 6) is -1.32. The molecule has 0 saturated heterocycles. The Morgan fingerprint density at radius 1 is 1.13 bits per heavy atom.